The van der Waals surface area contributed by atoms with Crippen molar-refractivity contribution in [1.82, 2.24) is 0 Å². The second kappa shape index (κ2) is 3.00. The first-order valence-electron chi connectivity index (χ1n) is 2.82. The molecule has 0 amide bonds. The lowest BCUT2D eigenvalue weighted by molar-refractivity contribution is 0.562. The summed E-state index contributed by atoms with van der Waals surface area (Å²) in [7, 11) is 0. The Balaban J connectivity index is 2.37. The SMILES string of the molecule is O=C=NCC1C=CC=C1. The van der Waals surface area contributed by atoms with Crippen molar-refractivity contribution in [2.45, 2.75) is 0 Å². The molecule has 46 valence electrons. The van der Waals surface area contributed by atoms with Crippen molar-refractivity contribution in [1.29, 1.82) is 0 Å². The van der Waals surface area contributed by atoms with Crippen LogP contribution < -0.4 is 0 Å². The van der Waals surface area contributed by atoms with Gasteiger partial charge in [0.2, 0.25) is 6.08 Å². The van der Waals surface area contributed by atoms with Crippen LogP contribution in [-0.2, 0) is 4.79 Å². The van der Waals surface area contributed by atoms with E-state index in [1.54, 1.807) is 0 Å². The van der Waals surface area contributed by atoms with Crippen LogP contribution in [-0.4, -0.2) is 12.6 Å². The summed E-state index contributed by atoms with van der Waals surface area (Å²) < 4.78 is 0. The lowest BCUT2D eigenvalue weighted by atomic mass is 10.2. The van der Waals surface area contributed by atoms with Gasteiger partial charge in [-0.2, -0.15) is 0 Å². The molecule has 0 radical (unpaired) electrons. The predicted octanol–water partition coefficient (Wildman–Crippen LogP) is 1.06. The number of nitrogens with zero attached hydrogens (tertiary/aromatic N) is 1. The van der Waals surface area contributed by atoms with Crippen LogP contribution in [0.25, 0.3) is 0 Å². The van der Waals surface area contributed by atoms with Gasteiger partial charge in [0.15, 0.2) is 0 Å². The molecule has 2 heteroatoms. The average molecular weight is 121 g/mol. The minimum atomic E-state index is 0.325. The zero-order valence-corrected chi connectivity index (χ0v) is 4.95. The fourth-order valence-corrected chi connectivity index (χ4v) is 0.742. The highest BCUT2D eigenvalue weighted by Crippen LogP contribution is 2.07. The van der Waals surface area contributed by atoms with Crippen LogP contribution in [0.15, 0.2) is 29.3 Å². The Kier molecular flexibility index (Phi) is 2.00. The molecule has 0 aromatic heterocycles. The lowest BCUT2D eigenvalue weighted by Gasteiger charge is -1.93. The van der Waals surface area contributed by atoms with E-state index in [4.69, 9.17) is 0 Å². The van der Waals surface area contributed by atoms with Gasteiger partial charge in [0, 0.05) is 5.92 Å². The van der Waals surface area contributed by atoms with Crippen LogP contribution in [0.4, 0.5) is 0 Å². The molecule has 0 aliphatic heterocycles. The summed E-state index contributed by atoms with van der Waals surface area (Å²) in [4.78, 5) is 13.1. The molecule has 0 spiro atoms. The largest absolute Gasteiger partial charge is 0.234 e. The molecule has 1 rings (SSSR count). The van der Waals surface area contributed by atoms with Crippen LogP contribution in [0.3, 0.4) is 0 Å². The second-order valence-electron chi connectivity index (χ2n) is 1.87. The first kappa shape index (κ1) is 5.99. The molecule has 0 fully saturated rings. The molecule has 0 aromatic carbocycles. The van der Waals surface area contributed by atoms with E-state index in [0.29, 0.717) is 12.5 Å². The van der Waals surface area contributed by atoms with E-state index in [1.165, 1.54) is 6.08 Å². The van der Waals surface area contributed by atoms with E-state index in [1.807, 2.05) is 24.3 Å². The number of hydrogen-bond donors (Lipinski definition) is 0. The fraction of sp³-hybridized carbons (Fsp3) is 0.286. The molecule has 0 saturated carbocycles. The van der Waals surface area contributed by atoms with Crippen molar-refractivity contribution in [3.05, 3.63) is 24.3 Å². The first-order valence-corrected chi connectivity index (χ1v) is 2.82. The van der Waals surface area contributed by atoms with Gasteiger partial charge in [-0.25, -0.2) is 9.79 Å². The van der Waals surface area contributed by atoms with Crippen LogP contribution in [0, 0.1) is 5.92 Å². The zero-order chi connectivity index (χ0) is 6.53. The maximum atomic E-state index is 9.62. The maximum absolute atomic E-state index is 9.62. The molecule has 0 N–H and O–H groups in total. The van der Waals surface area contributed by atoms with Crippen molar-refractivity contribution in [2.75, 3.05) is 6.54 Å². The Morgan fingerprint density at radius 3 is 2.67 bits per heavy atom. The molecular formula is C7H7NO. The van der Waals surface area contributed by atoms with E-state index < -0.39 is 0 Å². The predicted molar refractivity (Wildman–Crippen MR) is 34.8 cm³/mol. The van der Waals surface area contributed by atoms with Gasteiger partial charge in [0.1, 0.15) is 0 Å². The number of rotatable bonds is 2. The Morgan fingerprint density at radius 1 is 1.44 bits per heavy atom. The highest BCUT2D eigenvalue weighted by Gasteiger charge is 1.99. The quantitative estimate of drug-likeness (QED) is 0.397. The minimum Gasteiger partial charge on any atom is -0.211 e. The average Bonchev–Trinajstić information content (AvgIpc) is 2.34. The van der Waals surface area contributed by atoms with Gasteiger partial charge >= 0.3 is 0 Å². The summed E-state index contributed by atoms with van der Waals surface area (Å²) in [5, 5.41) is 0. The molecule has 1 aliphatic rings. The van der Waals surface area contributed by atoms with E-state index in [0.717, 1.165) is 0 Å². The smallest absolute Gasteiger partial charge is 0.211 e. The van der Waals surface area contributed by atoms with Crippen LogP contribution in [0.2, 0.25) is 0 Å². The summed E-state index contributed by atoms with van der Waals surface area (Å²) in [5.74, 6) is 0.325. The van der Waals surface area contributed by atoms with E-state index in [-0.39, 0.29) is 0 Å². The standard InChI is InChI=1S/C7H7NO/c9-6-8-5-7-3-1-2-4-7/h1-4,7H,5H2. The molecule has 0 unspecified atom stereocenters. The van der Waals surface area contributed by atoms with Gasteiger partial charge in [-0.1, -0.05) is 24.3 Å². The molecule has 2 nitrogen and oxygen atoms in total. The number of allylic oxidation sites excluding steroid dienone is 2. The molecule has 0 heterocycles. The molecule has 1 aliphatic carbocycles. The van der Waals surface area contributed by atoms with Gasteiger partial charge in [0.25, 0.3) is 0 Å². The third kappa shape index (κ3) is 1.67. The maximum Gasteiger partial charge on any atom is 0.234 e. The van der Waals surface area contributed by atoms with Gasteiger partial charge in [0.05, 0.1) is 6.54 Å². The summed E-state index contributed by atoms with van der Waals surface area (Å²) in [5.41, 5.74) is 0. The summed E-state index contributed by atoms with van der Waals surface area (Å²) in [6.07, 6.45) is 9.40. The Morgan fingerprint density at radius 2 is 2.11 bits per heavy atom. The highest BCUT2D eigenvalue weighted by molar-refractivity contribution is 5.33. The van der Waals surface area contributed by atoms with Crippen molar-refractivity contribution in [3.8, 4) is 0 Å². The molecule has 0 bridgehead atoms. The third-order valence-electron chi connectivity index (χ3n) is 1.19. The number of aliphatic imine (C=N–C) groups is 1. The van der Waals surface area contributed by atoms with Crippen molar-refractivity contribution < 1.29 is 4.79 Å². The number of hydrogen-bond acceptors (Lipinski definition) is 2. The van der Waals surface area contributed by atoms with Crippen molar-refractivity contribution >= 4 is 6.08 Å². The molecule has 9 heavy (non-hydrogen) atoms. The Bertz CT molecular complexity index is 175. The molecule has 0 aromatic rings. The van der Waals surface area contributed by atoms with Crippen molar-refractivity contribution in [3.63, 3.8) is 0 Å². The Labute approximate surface area is 53.6 Å². The van der Waals surface area contributed by atoms with Crippen LogP contribution in [0.5, 0.6) is 0 Å². The van der Waals surface area contributed by atoms with E-state index in [9.17, 15) is 4.79 Å². The summed E-state index contributed by atoms with van der Waals surface area (Å²) in [6, 6.07) is 0. The fourth-order valence-electron chi connectivity index (χ4n) is 0.742. The molecular weight excluding hydrogens is 114 g/mol. The minimum absolute atomic E-state index is 0.325. The lowest BCUT2D eigenvalue weighted by Crippen LogP contribution is -1.92. The number of carbonyl (C=O) groups excluding carboxylic acids is 1. The van der Waals surface area contributed by atoms with Gasteiger partial charge in [-0.3, -0.25) is 0 Å². The normalized spacial score (nSPS) is 16.0. The van der Waals surface area contributed by atoms with Gasteiger partial charge in [-0.15, -0.1) is 0 Å². The van der Waals surface area contributed by atoms with E-state index in [2.05, 4.69) is 4.99 Å². The van der Waals surface area contributed by atoms with Crippen LogP contribution >= 0.6 is 0 Å². The number of isocyanates is 1. The first-order chi connectivity index (χ1) is 4.43. The second-order valence-corrected chi connectivity index (χ2v) is 1.87. The molecule has 0 atom stereocenters. The van der Waals surface area contributed by atoms with Crippen LogP contribution in [0.1, 0.15) is 0 Å². The summed E-state index contributed by atoms with van der Waals surface area (Å²) >= 11 is 0. The summed E-state index contributed by atoms with van der Waals surface area (Å²) in [6.45, 7) is 0.538. The zero-order valence-electron chi connectivity index (χ0n) is 4.95. The third-order valence-corrected chi connectivity index (χ3v) is 1.19. The van der Waals surface area contributed by atoms with Crippen molar-refractivity contribution in [2.24, 2.45) is 10.9 Å². The van der Waals surface area contributed by atoms with Gasteiger partial charge in [-0.05, 0) is 0 Å². The monoisotopic (exact) mass is 121 g/mol. The van der Waals surface area contributed by atoms with E-state index >= 15 is 0 Å². The topological polar surface area (TPSA) is 29.4 Å². The molecule has 0 saturated heterocycles. The van der Waals surface area contributed by atoms with Gasteiger partial charge < -0.3 is 0 Å². The highest BCUT2D eigenvalue weighted by atomic mass is 16.1. The Hall–Kier alpha value is -1.14.